The molecule has 5 heterocycles. The van der Waals surface area contributed by atoms with Crippen LogP contribution in [0.25, 0.3) is 0 Å². The average molecular weight is 506 g/mol. The van der Waals surface area contributed by atoms with Gasteiger partial charge in [-0.2, -0.15) is 4.31 Å². The first-order valence-electron chi connectivity index (χ1n) is 12.1. The van der Waals surface area contributed by atoms with Gasteiger partial charge in [-0.25, -0.2) is 13.4 Å². The van der Waals surface area contributed by atoms with Crippen molar-refractivity contribution in [1.29, 1.82) is 0 Å². The molecule has 186 valence electrons. The number of hydrogen-bond donors (Lipinski definition) is 1. The van der Waals surface area contributed by atoms with Crippen LogP contribution in [0.5, 0.6) is 0 Å². The Kier molecular flexibility index (Phi) is 5.60. The summed E-state index contributed by atoms with van der Waals surface area (Å²) in [5.41, 5.74) is 3.96. The van der Waals surface area contributed by atoms with Crippen LogP contribution >= 0.6 is 0 Å². The number of anilines is 4. The van der Waals surface area contributed by atoms with Crippen molar-refractivity contribution in [3.05, 3.63) is 59.3 Å². The summed E-state index contributed by atoms with van der Waals surface area (Å²) in [4.78, 5) is 20.7. The molecule has 1 saturated heterocycles. The van der Waals surface area contributed by atoms with Gasteiger partial charge in [0.1, 0.15) is 5.82 Å². The van der Waals surface area contributed by atoms with E-state index < -0.39 is 10.0 Å². The lowest BCUT2D eigenvalue weighted by atomic mass is 10.00. The summed E-state index contributed by atoms with van der Waals surface area (Å²) in [7, 11) is -3.62. The summed E-state index contributed by atoms with van der Waals surface area (Å²) in [6, 6.07) is 11.1. The first-order valence-corrected chi connectivity index (χ1v) is 13.6. The Hall–Kier alpha value is -3.57. The third-order valence-electron chi connectivity index (χ3n) is 7.05. The molecule has 1 N–H and O–H groups in total. The van der Waals surface area contributed by atoms with Crippen LogP contribution in [-0.2, 0) is 27.7 Å². The number of benzene rings is 1. The Morgan fingerprint density at radius 1 is 0.861 bits per heavy atom. The third kappa shape index (κ3) is 4.07. The normalized spacial score (nSPS) is 17.9. The first-order chi connectivity index (χ1) is 17.4. The van der Waals surface area contributed by atoms with E-state index in [2.05, 4.69) is 20.5 Å². The number of carbonyl (C=O) groups is 1. The van der Waals surface area contributed by atoms with Crippen LogP contribution in [0.2, 0.25) is 0 Å². The van der Waals surface area contributed by atoms with Crippen LogP contribution in [0, 0.1) is 6.92 Å². The Balaban J connectivity index is 1.13. The van der Waals surface area contributed by atoms with Crippen LogP contribution in [0.3, 0.4) is 0 Å². The highest BCUT2D eigenvalue weighted by molar-refractivity contribution is 7.89. The lowest BCUT2D eigenvalue weighted by Gasteiger charge is -2.34. The molecule has 3 aliphatic rings. The molecular formula is C25H27N7O3S. The molecule has 0 atom stereocenters. The van der Waals surface area contributed by atoms with Gasteiger partial charge in [-0.3, -0.25) is 4.79 Å². The van der Waals surface area contributed by atoms with E-state index in [-0.39, 0.29) is 5.91 Å². The minimum absolute atomic E-state index is 0.131. The standard InChI is InChI=1S/C25H27N7O3S/c1-17-6-8-26-22(14-17)27-21-3-4-23(29-28-21)30-10-12-31(13-11-30)36(34,35)20-15-18-2-5-24(33)32-9-7-19(16-20)25(18)32/h3-4,6,8,14-16H,2,5,7,9-13H2,1H3,(H,26,27,28). The first kappa shape index (κ1) is 22.9. The molecule has 3 aromatic rings. The second-order valence-corrected chi connectivity index (χ2v) is 11.3. The summed E-state index contributed by atoms with van der Waals surface area (Å²) in [6.07, 6.45) is 3.47. The summed E-state index contributed by atoms with van der Waals surface area (Å²) < 4.78 is 28.5. The predicted octanol–water partition coefficient (Wildman–Crippen LogP) is 2.27. The number of carbonyl (C=O) groups excluding carboxylic acids is 1. The van der Waals surface area contributed by atoms with E-state index in [1.807, 2.05) is 41.0 Å². The second kappa shape index (κ2) is 8.82. The third-order valence-corrected chi connectivity index (χ3v) is 8.92. The smallest absolute Gasteiger partial charge is 0.243 e. The number of hydrogen-bond acceptors (Lipinski definition) is 8. The van der Waals surface area contributed by atoms with Gasteiger partial charge in [-0.15, -0.1) is 10.2 Å². The zero-order valence-electron chi connectivity index (χ0n) is 20.0. The van der Waals surface area contributed by atoms with Gasteiger partial charge in [0.2, 0.25) is 15.9 Å². The molecule has 0 unspecified atom stereocenters. The van der Waals surface area contributed by atoms with Crippen molar-refractivity contribution in [1.82, 2.24) is 19.5 Å². The molecule has 3 aliphatic heterocycles. The van der Waals surface area contributed by atoms with Crippen LogP contribution in [0.1, 0.15) is 23.1 Å². The van der Waals surface area contributed by atoms with Crippen molar-refractivity contribution >= 4 is 39.1 Å². The molecule has 0 bridgehead atoms. The summed E-state index contributed by atoms with van der Waals surface area (Å²) in [6.45, 7) is 4.43. The van der Waals surface area contributed by atoms with Crippen LogP contribution in [0.15, 0.2) is 47.5 Å². The Labute approximate surface area is 210 Å². The maximum atomic E-state index is 13.5. The maximum absolute atomic E-state index is 13.5. The van der Waals surface area contributed by atoms with Gasteiger partial charge in [0.05, 0.1) is 10.6 Å². The lowest BCUT2D eigenvalue weighted by molar-refractivity contribution is -0.118. The number of sulfonamides is 1. The van der Waals surface area contributed by atoms with Crippen molar-refractivity contribution in [2.45, 2.75) is 31.1 Å². The Morgan fingerprint density at radius 2 is 1.64 bits per heavy atom. The number of aryl methyl sites for hydroxylation is 2. The molecule has 0 saturated carbocycles. The lowest BCUT2D eigenvalue weighted by Crippen LogP contribution is -2.49. The fourth-order valence-corrected chi connectivity index (χ4v) is 6.70. The van der Waals surface area contributed by atoms with Gasteiger partial charge in [0, 0.05) is 45.3 Å². The van der Waals surface area contributed by atoms with Crippen molar-refractivity contribution < 1.29 is 13.2 Å². The van der Waals surface area contributed by atoms with Crippen LogP contribution in [0.4, 0.5) is 23.1 Å². The van der Waals surface area contributed by atoms with Crippen molar-refractivity contribution in [3.63, 3.8) is 0 Å². The van der Waals surface area contributed by atoms with Gasteiger partial charge in [-0.05, 0) is 72.9 Å². The maximum Gasteiger partial charge on any atom is 0.243 e. The number of pyridine rings is 1. The van der Waals surface area contributed by atoms with E-state index in [9.17, 15) is 13.2 Å². The van der Waals surface area contributed by atoms with E-state index in [4.69, 9.17) is 0 Å². The van der Waals surface area contributed by atoms with E-state index >= 15 is 0 Å². The van der Waals surface area contributed by atoms with Gasteiger partial charge in [0.15, 0.2) is 11.6 Å². The van der Waals surface area contributed by atoms with Gasteiger partial charge in [0.25, 0.3) is 0 Å². The van der Waals surface area contributed by atoms with E-state index in [0.29, 0.717) is 74.3 Å². The molecule has 0 aliphatic carbocycles. The quantitative estimate of drug-likeness (QED) is 0.562. The Bertz CT molecular complexity index is 1430. The molecule has 0 spiro atoms. The van der Waals surface area contributed by atoms with Gasteiger partial charge in [-0.1, -0.05) is 0 Å². The largest absolute Gasteiger partial charge is 0.352 e. The van der Waals surface area contributed by atoms with Crippen molar-refractivity contribution in [2.24, 2.45) is 0 Å². The molecule has 1 amide bonds. The molecule has 0 radical (unpaired) electrons. The monoisotopic (exact) mass is 505 g/mol. The zero-order valence-corrected chi connectivity index (χ0v) is 20.8. The number of piperazine rings is 1. The fourth-order valence-electron chi connectivity index (χ4n) is 5.18. The SMILES string of the molecule is Cc1ccnc(Nc2ccc(N3CCN(S(=O)(=O)c4cc5c6c(c4)CCN6C(=O)CC5)CC3)nn2)c1. The molecule has 6 rings (SSSR count). The minimum Gasteiger partial charge on any atom is -0.352 e. The average Bonchev–Trinajstić information content (AvgIpc) is 3.32. The molecule has 1 aromatic carbocycles. The number of amides is 1. The number of aromatic nitrogens is 3. The van der Waals surface area contributed by atoms with Gasteiger partial charge >= 0.3 is 0 Å². The topological polar surface area (TPSA) is 112 Å². The van der Waals surface area contributed by atoms with E-state index in [1.54, 1.807) is 22.6 Å². The molecule has 10 nitrogen and oxygen atoms in total. The highest BCUT2D eigenvalue weighted by atomic mass is 32.2. The molecule has 11 heteroatoms. The minimum atomic E-state index is -3.62. The van der Waals surface area contributed by atoms with Crippen molar-refractivity contribution in [3.8, 4) is 0 Å². The fraction of sp³-hybridized carbons (Fsp3) is 0.360. The van der Waals surface area contributed by atoms with E-state index in [1.165, 1.54) is 0 Å². The zero-order chi connectivity index (χ0) is 24.9. The number of rotatable bonds is 5. The predicted molar refractivity (Wildman–Crippen MR) is 136 cm³/mol. The number of nitrogens with zero attached hydrogens (tertiary/aromatic N) is 6. The molecule has 1 fully saturated rings. The van der Waals surface area contributed by atoms with E-state index in [0.717, 1.165) is 22.4 Å². The highest BCUT2D eigenvalue weighted by Crippen LogP contribution is 2.39. The van der Waals surface area contributed by atoms with Crippen LogP contribution < -0.4 is 15.1 Å². The highest BCUT2D eigenvalue weighted by Gasteiger charge is 2.35. The number of nitrogens with one attached hydrogen (secondary N) is 1. The molecule has 36 heavy (non-hydrogen) atoms. The summed E-state index contributed by atoms with van der Waals surface area (Å²) in [5, 5.41) is 11.7. The molecule has 2 aromatic heterocycles. The van der Waals surface area contributed by atoms with Crippen LogP contribution in [-0.4, -0.2) is 66.5 Å². The summed E-state index contributed by atoms with van der Waals surface area (Å²) >= 11 is 0. The van der Waals surface area contributed by atoms with Crippen molar-refractivity contribution in [2.75, 3.05) is 47.8 Å². The second-order valence-electron chi connectivity index (χ2n) is 9.40. The Morgan fingerprint density at radius 3 is 2.36 bits per heavy atom. The molecular weight excluding hydrogens is 478 g/mol. The summed E-state index contributed by atoms with van der Waals surface area (Å²) in [5.74, 6) is 2.14. The van der Waals surface area contributed by atoms with Gasteiger partial charge < -0.3 is 15.1 Å².